The molecule has 0 saturated heterocycles. The highest BCUT2D eigenvalue weighted by Crippen LogP contribution is 2.37. The van der Waals surface area contributed by atoms with E-state index in [1.165, 1.54) is 32.8 Å². The quantitative estimate of drug-likeness (QED) is 0.252. The summed E-state index contributed by atoms with van der Waals surface area (Å²) in [5.41, 5.74) is 9.03. The van der Waals surface area contributed by atoms with Crippen molar-refractivity contribution in [3.8, 4) is 22.5 Å². The first-order chi connectivity index (χ1) is 18.9. The van der Waals surface area contributed by atoms with Crippen molar-refractivity contribution in [3.05, 3.63) is 134 Å². The van der Waals surface area contributed by atoms with Crippen LogP contribution in [-0.4, -0.2) is 19.1 Å². The molecule has 4 nitrogen and oxygen atoms in total. The number of para-hydroxylation sites is 2. The molecule has 0 radical (unpaired) electrons. The molecule has 0 spiro atoms. The lowest BCUT2D eigenvalue weighted by Crippen LogP contribution is -1.94. The van der Waals surface area contributed by atoms with Crippen LogP contribution < -0.4 is 0 Å². The van der Waals surface area contributed by atoms with Crippen molar-refractivity contribution < 1.29 is 0 Å². The lowest BCUT2D eigenvalue weighted by atomic mass is 10.0. The van der Waals surface area contributed by atoms with Crippen molar-refractivity contribution in [2.75, 3.05) is 0 Å². The smallest absolute Gasteiger partial charge is 0.145 e. The van der Waals surface area contributed by atoms with Gasteiger partial charge in [0.2, 0.25) is 0 Å². The van der Waals surface area contributed by atoms with Crippen molar-refractivity contribution >= 4 is 43.7 Å². The van der Waals surface area contributed by atoms with Crippen molar-refractivity contribution in [2.45, 2.75) is 0 Å². The number of benzene rings is 4. The molecule has 8 aromatic rings. The Morgan fingerprint density at radius 1 is 0.447 bits per heavy atom. The van der Waals surface area contributed by atoms with Crippen LogP contribution in [0.1, 0.15) is 0 Å². The molecule has 178 valence electrons. The molecule has 38 heavy (non-hydrogen) atoms. The minimum atomic E-state index is 0.972. The minimum Gasteiger partial charge on any atom is -0.308 e. The van der Waals surface area contributed by atoms with Gasteiger partial charge < -0.3 is 4.57 Å². The van der Waals surface area contributed by atoms with E-state index >= 15 is 0 Å². The number of pyridine rings is 2. The molecule has 0 bridgehead atoms. The monoisotopic (exact) mass is 486 g/mol. The maximum absolute atomic E-state index is 4.76. The fraction of sp³-hybridized carbons (Fsp3) is 0. The van der Waals surface area contributed by atoms with Gasteiger partial charge in [-0.25, -0.2) is 4.98 Å². The van der Waals surface area contributed by atoms with Gasteiger partial charge in [0.15, 0.2) is 0 Å². The summed E-state index contributed by atoms with van der Waals surface area (Å²) in [7, 11) is 0. The van der Waals surface area contributed by atoms with Crippen LogP contribution in [0, 0.1) is 0 Å². The molecule has 0 atom stereocenters. The van der Waals surface area contributed by atoms with Gasteiger partial charge in [0.05, 0.1) is 22.7 Å². The van der Waals surface area contributed by atoms with E-state index in [1.807, 2.05) is 36.8 Å². The fourth-order valence-electron chi connectivity index (χ4n) is 5.77. The van der Waals surface area contributed by atoms with Crippen LogP contribution in [-0.2, 0) is 0 Å². The fourth-order valence-corrected chi connectivity index (χ4v) is 5.77. The topological polar surface area (TPSA) is 35.6 Å². The lowest BCUT2D eigenvalue weighted by molar-refractivity contribution is 1.14. The molecule has 0 unspecified atom stereocenters. The van der Waals surface area contributed by atoms with Gasteiger partial charge in [-0.05, 0) is 77.9 Å². The van der Waals surface area contributed by atoms with Gasteiger partial charge in [-0.2, -0.15) is 0 Å². The van der Waals surface area contributed by atoms with Crippen LogP contribution in [0.15, 0.2) is 134 Å². The predicted octanol–water partition coefficient (Wildman–Crippen LogP) is 8.34. The van der Waals surface area contributed by atoms with E-state index in [4.69, 9.17) is 4.98 Å². The molecule has 8 rings (SSSR count). The third kappa shape index (κ3) is 3.04. The normalized spacial score (nSPS) is 11.7. The molecule has 0 aliphatic rings. The van der Waals surface area contributed by atoms with E-state index in [0.29, 0.717) is 0 Å². The molecule has 4 aromatic heterocycles. The second kappa shape index (κ2) is 8.15. The third-order valence-corrected chi connectivity index (χ3v) is 7.46. The zero-order chi connectivity index (χ0) is 25.1. The number of hydrogen-bond acceptors (Lipinski definition) is 2. The number of fused-ring (bicyclic) bond motifs is 6. The molecule has 4 aromatic carbocycles. The summed E-state index contributed by atoms with van der Waals surface area (Å²) in [5, 5.41) is 4.77. The summed E-state index contributed by atoms with van der Waals surface area (Å²) in [6.45, 7) is 0. The highest BCUT2D eigenvalue weighted by molar-refractivity contribution is 6.12. The van der Waals surface area contributed by atoms with E-state index < -0.39 is 0 Å². The first-order valence-electron chi connectivity index (χ1n) is 12.8. The minimum absolute atomic E-state index is 0.972. The maximum Gasteiger partial charge on any atom is 0.145 e. The summed E-state index contributed by atoms with van der Waals surface area (Å²) >= 11 is 0. The van der Waals surface area contributed by atoms with Crippen LogP contribution in [0.4, 0.5) is 0 Å². The Bertz CT molecular complexity index is 1960. The van der Waals surface area contributed by atoms with Crippen LogP contribution in [0.25, 0.3) is 66.2 Å². The zero-order valence-electron chi connectivity index (χ0n) is 20.5. The van der Waals surface area contributed by atoms with E-state index in [1.54, 1.807) is 0 Å². The van der Waals surface area contributed by atoms with E-state index in [9.17, 15) is 0 Å². The van der Waals surface area contributed by atoms with Gasteiger partial charge in [-0.1, -0.05) is 48.5 Å². The molecule has 0 N–H and O–H groups in total. The molecule has 4 heteroatoms. The second-order valence-electron chi connectivity index (χ2n) is 9.57. The summed E-state index contributed by atoms with van der Waals surface area (Å²) < 4.78 is 4.54. The lowest BCUT2D eigenvalue weighted by Gasteiger charge is -2.09. The summed E-state index contributed by atoms with van der Waals surface area (Å²) in [6.07, 6.45) is 5.70. The number of rotatable bonds is 3. The Morgan fingerprint density at radius 2 is 1.08 bits per heavy atom. The number of hydrogen-bond donors (Lipinski definition) is 0. The summed E-state index contributed by atoms with van der Waals surface area (Å²) in [4.78, 5) is 9.19. The Labute approximate surface area is 219 Å². The molecular weight excluding hydrogens is 464 g/mol. The molecule has 4 heterocycles. The molecule has 0 amide bonds. The molecule has 0 saturated carbocycles. The molecular formula is C34H22N4. The zero-order valence-corrected chi connectivity index (χ0v) is 20.5. The van der Waals surface area contributed by atoms with Gasteiger partial charge in [0.25, 0.3) is 0 Å². The first-order valence-corrected chi connectivity index (χ1v) is 12.8. The van der Waals surface area contributed by atoms with E-state index in [2.05, 4.69) is 111 Å². The Balaban J connectivity index is 1.36. The molecule has 0 aliphatic carbocycles. The Kier molecular flexibility index (Phi) is 4.49. The Hall–Kier alpha value is -5.22. The van der Waals surface area contributed by atoms with Gasteiger partial charge in [0.1, 0.15) is 5.65 Å². The van der Waals surface area contributed by atoms with Gasteiger partial charge >= 0.3 is 0 Å². The maximum atomic E-state index is 4.76. The second-order valence-corrected chi connectivity index (χ2v) is 9.57. The van der Waals surface area contributed by atoms with Crippen LogP contribution >= 0.6 is 0 Å². The average molecular weight is 487 g/mol. The van der Waals surface area contributed by atoms with Gasteiger partial charge in [-0.15, -0.1) is 0 Å². The SMILES string of the molecule is c1ccc(-n2c3ccc(-c4ccc5c(c4)c4cccnc4n5-c4ccccc4)cc3c3ccncc32)cc1. The average Bonchev–Trinajstić information content (AvgIpc) is 3.50. The first kappa shape index (κ1) is 20.9. The third-order valence-electron chi connectivity index (χ3n) is 7.46. The van der Waals surface area contributed by atoms with Crippen LogP contribution in [0.5, 0.6) is 0 Å². The highest BCUT2D eigenvalue weighted by atomic mass is 15.0. The van der Waals surface area contributed by atoms with Gasteiger partial charge in [-0.3, -0.25) is 9.55 Å². The highest BCUT2D eigenvalue weighted by Gasteiger charge is 2.16. The summed E-state index contributed by atoms with van der Waals surface area (Å²) in [5.74, 6) is 0. The van der Waals surface area contributed by atoms with Crippen molar-refractivity contribution in [1.82, 2.24) is 19.1 Å². The Morgan fingerprint density at radius 3 is 1.79 bits per heavy atom. The number of nitrogens with zero attached hydrogens (tertiary/aromatic N) is 4. The number of aromatic nitrogens is 4. The van der Waals surface area contributed by atoms with E-state index in [0.717, 1.165) is 33.4 Å². The standard InChI is InChI=1S/C34H22N4/c1-3-8-25(9-4-1)37-31-15-13-23(20-29(31)27-17-19-35-22-33(27)37)24-14-16-32-30(21-24)28-12-7-18-36-34(28)38(32)26-10-5-2-6-11-26/h1-22H. The molecule has 0 fully saturated rings. The molecule has 0 aliphatic heterocycles. The van der Waals surface area contributed by atoms with Gasteiger partial charge in [0, 0.05) is 45.3 Å². The van der Waals surface area contributed by atoms with Crippen molar-refractivity contribution in [2.24, 2.45) is 0 Å². The van der Waals surface area contributed by atoms with Crippen molar-refractivity contribution in [1.29, 1.82) is 0 Å². The predicted molar refractivity (Wildman–Crippen MR) is 156 cm³/mol. The summed E-state index contributed by atoms with van der Waals surface area (Å²) in [6, 6.07) is 40.8. The van der Waals surface area contributed by atoms with Crippen molar-refractivity contribution in [3.63, 3.8) is 0 Å². The van der Waals surface area contributed by atoms with Crippen LogP contribution in [0.2, 0.25) is 0 Å². The van der Waals surface area contributed by atoms with E-state index in [-0.39, 0.29) is 0 Å². The largest absolute Gasteiger partial charge is 0.308 e. The van der Waals surface area contributed by atoms with Crippen LogP contribution in [0.3, 0.4) is 0 Å².